The number of rotatable bonds is 6. The summed E-state index contributed by atoms with van der Waals surface area (Å²) < 4.78 is 27.2. The Bertz CT molecular complexity index is 1210. The van der Waals surface area contributed by atoms with Crippen LogP contribution in [0.3, 0.4) is 0 Å². The van der Waals surface area contributed by atoms with Crippen molar-refractivity contribution in [3.05, 3.63) is 58.7 Å². The van der Waals surface area contributed by atoms with Gasteiger partial charge in [-0.05, 0) is 47.6 Å². The van der Waals surface area contributed by atoms with Gasteiger partial charge < -0.3 is 5.11 Å². The lowest BCUT2D eigenvalue weighted by Crippen LogP contribution is -2.50. The molecule has 2 aromatic carbocycles. The fourth-order valence-corrected chi connectivity index (χ4v) is 5.70. The zero-order valence-electron chi connectivity index (χ0n) is 23.0. The molecule has 0 aromatic heterocycles. The molecule has 1 fully saturated rings. The third-order valence-corrected chi connectivity index (χ3v) is 8.42. The van der Waals surface area contributed by atoms with Gasteiger partial charge in [0, 0.05) is 37.3 Å². The Balaban J connectivity index is 1.59. The van der Waals surface area contributed by atoms with Crippen molar-refractivity contribution in [3.8, 4) is 5.75 Å². The van der Waals surface area contributed by atoms with Gasteiger partial charge in [0.15, 0.2) is 0 Å². The molecular weight excluding hydrogens is 488 g/mol. The van der Waals surface area contributed by atoms with E-state index in [-0.39, 0.29) is 28.2 Å². The number of hydrogen-bond acceptors (Lipinski definition) is 6. The van der Waals surface area contributed by atoms with Crippen molar-refractivity contribution in [1.29, 1.82) is 0 Å². The molecule has 0 aliphatic carbocycles. The molecular formula is C28H40N4O4S. The average molecular weight is 529 g/mol. The molecule has 1 saturated heterocycles. The van der Waals surface area contributed by atoms with Crippen molar-refractivity contribution in [3.63, 3.8) is 0 Å². The number of carbonyl (C=O) groups excluding carboxylic acids is 1. The van der Waals surface area contributed by atoms with E-state index in [0.717, 1.165) is 22.3 Å². The Morgan fingerprint density at radius 1 is 0.973 bits per heavy atom. The normalized spacial score (nSPS) is 16.3. The zero-order chi connectivity index (χ0) is 27.6. The summed E-state index contributed by atoms with van der Waals surface area (Å²) in [5.74, 6) is 0.0293. The van der Waals surface area contributed by atoms with Crippen molar-refractivity contribution in [1.82, 2.24) is 14.6 Å². The van der Waals surface area contributed by atoms with Crippen LogP contribution in [0.1, 0.15) is 63.8 Å². The molecule has 2 N–H and O–H groups in total. The third-order valence-electron chi connectivity index (χ3n) is 6.51. The lowest BCUT2D eigenvalue weighted by atomic mass is 9.78. The summed E-state index contributed by atoms with van der Waals surface area (Å²) >= 11 is 0. The molecule has 202 valence electrons. The van der Waals surface area contributed by atoms with Crippen LogP contribution in [0.5, 0.6) is 5.75 Å². The van der Waals surface area contributed by atoms with Gasteiger partial charge in [0.25, 0.3) is 5.91 Å². The highest BCUT2D eigenvalue weighted by Crippen LogP contribution is 2.39. The molecule has 0 saturated carbocycles. The van der Waals surface area contributed by atoms with E-state index in [2.05, 4.69) is 10.5 Å². The third kappa shape index (κ3) is 7.18. The van der Waals surface area contributed by atoms with E-state index in [1.807, 2.05) is 65.5 Å². The number of aromatic hydroxyl groups is 1. The Kier molecular flexibility index (Phi) is 8.51. The first-order valence-electron chi connectivity index (χ1n) is 12.6. The molecule has 0 radical (unpaired) electrons. The number of sulfonamides is 1. The largest absolute Gasteiger partial charge is 0.507 e. The van der Waals surface area contributed by atoms with Crippen LogP contribution in [0.2, 0.25) is 0 Å². The number of aryl methyl sites for hydroxylation is 1. The molecule has 1 aliphatic rings. The van der Waals surface area contributed by atoms with Crippen LogP contribution in [-0.4, -0.2) is 67.6 Å². The van der Waals surface area contributed by atoms with Crippen LogP contribution in [-0.2, 0) is 25.6 Å². The molecule has 0 spiro atoms. The second kappa shape index (κ2) is 10.9. The molecule has 9 heteroatoms. The average Bonchev–Trinajstić information content (AvgIpc) is 2.79. The highest BCUT2D eigenvalue weighted by Gasteiger charge is 2.29. The zero-order valence-corrected chi connectivity index (χ0v) is 23.8. The predicted octanol–water partition coefficient (Wildman–Crippen LogP) is 3.75. The maximum absolute atomic E-state index is 12.9. The molecule has 0 atom stereocenters. The number of hydrazone groups is 1. The summed E-state index contributed by atoms with van der Waals surface area (Å²) in [6, 6.07) is 10.6. The summed E-state index contributed by atoms with van der Waals surface area (Å²) in [6.45, 7) is 15.9. The summed E-state index contributed by atoms with van der Waals surface area (Å²) in [6.07, 6.45) is 1.59. The quantitative estimate of drug-likeness (QED) is 0.439. The Labute approximate surface area is 221 Å². The van der Waals surface area contributed by atoms with E-state index in [1.54, 1.807) is 30.5 Å². The van der Waals surface area contributed by atoms with Crippen LogP contribution < -0.4 is 5.43 Å². The van der Waals surface area contributed by atoms with Crippen molar-refractivity contribution in [2.75, 3.05) is 32.7 Å². The highest BCUT2D eigenvalue weighted by molar-refractivity contribution is 7.89. The maximum Gasteiger partial charge on any atom is 0.254 e. The van der Waals surface area contributed by atoms with E-state index in [1.165, 1.54) is 4.31 Å². The van der Waals surface area contributed by atoms with Crippen molar-refractivity contribution in [2.45, 2.75) is 64.2 Å². The van der Waals surface area contributed by atoms with Gasteiger partial charge in [-0.1, -0.05) is 59.2 Å². The molecule has 37 heavy (non-hydrogen) atoms. The highest BCUT2D eigenvalue weighted by atomic mass is 32.2. The number of amides is 1. The van der Waals surface area contributed by atoms with Crippen molar-refractivity contribution >= 4 is 22.1 Å². The van der Waals surface area contributed by atoms with Gasteiger partial charge in [-0.3, -0.25) is 9.69 Å². The lowest BCUT2D eigenvalue weighted by Gasteiger charge is -2.33. The second-order valence-electron chi connectivity index (χ2n) is 11.8. The minimum absolute atomic E-state index is 0.131. The molecule has 8 nitrogen and oxygen atoms in total. The topological polar surface area (TPSA) is 102 Å². The second-order valence-corrected chi connectivity index (χ2v) is 13.7. The first kappa shape index (κ1) is 28.8. The van der Waals surface area contributed by atoms with Gasteiger partial charge >= 0.3 is 0 Å². The summed E-state index contributed by atoms with van der Waals surface area (Å²) in [5, 5.41) is 15.0. The van der Waals surface area contributed by atoms with E-state index in [4.69, 9.17) is 0 Å². The Morgan fingerprint density at radius 2 is 1.49 bits per heavy atom. The summed E-state index contributed by atoms with van der Waals surface area (Å²) in [4.78, 5) is 14.7. The smallest absolute Gasteiger partial charge is 0.254 e. The van der Waals surface area contributed by atoms with Crippen LogP contribution in [0, 0.1) is 6.92 Å². The van der Waals surface area contributed by atoms with E-state index < -0.39 is 10.0 Å². The van der Waals surface area contributed by atoms with Gasteiger partial charge in [-0.2, -0.15) is 9.41 Å². The molecule has 0 bridgehead atoms. The van der Waals surface area contributed by atoms with Crippen LogP contribution in [0.15, 0.2) is 46.4 Å². The number of phenolic OH excluding ortho intramolecular Hbond substituents is 1. The van der Waals surface area contributed by atoms with E-state index in [0.29, 0.717) is 31.9 Å². The van der Waals surface area contributed by atoms with Gasteiger partial charge in [0.1, 0.15) is 5.75 Å². The fraction of sp³-hybridized carbons (Fsp3) is 0.500. The fourth-order valence-electron chi connectivity index (χ4n) is 4.28. The summed E-state index contributed by atoms with van der Waals surface area (Å²) in [7, 11) is -3.54. The standard InChI is InChI=1S/C28H40N4O4S/c1-20-8-10-22(11-9-20)37(35,36)32-14-12-31(13-15-32)19-25(33)30-29-18-21-16-23(27(2,3)4)26(34)24(17-21)28(5,6)7/h8-11,16-18,34H,12-15,19H2,1-7H3,(H,30,33)/b29-18+. The van der Waals surface area contributed by atoms with E-state index >= 15 is 0 Å². The monoisotopic (exact) mass is 528 g/mol. The number of carbonyl (C=O) groups is 1. The molecule has 2 aromatic rings. The number of benzene rings is 2. The number of nitrogens with zero attached hydrogens (tertiary/aromatic N) is 3. The van der Waals surface area contributed by atoms with Gasteiger partial charge in [0.05, 0.1) is 17.7 Å². The molecule has 1 amide bonds. The minimum atomic E-state index is -3.54. The maximum atomic E-state index is 12.9. The van der Waals surface area contributed by atoms with Crippen molar-refractivity contribution in [2.24, 2.45) is 5.10 Å². The van der Waals surface area contributed by atoms with Crippen molar-refractivity contribution < 1.29 is 18.3 Å². The Hall–Kier alpha value is -2.75. The number of phenols is 1. The molecule has 0 unspecified atom stereocenters. The van der Waals surface area contributed by atoms with Gasteiger partial charge in [-0.15, -0.1) is 0 Å². The first-order chi connectivity index (χ1) is 17.1. The van der Waals surface area contributed by atoms with E-state index in [9.17, 15) is 18.3 Å². The molecule has 1 heterocycles. The first-order valence-corrected chi connectivity index (χ1v) is 14.0. The molecule has 3 rings (SSSR count). The number of hydrogen-bond donors (Lipinski definition) is 2. The van der Waals surface area contributed by atoms with Gasteiger partial charge in [0.2, 0.25) is 10.0 Å². The van der Waals surface area contributed by atoms with Crippen LogP contribution in [0.4, 0.5) is 0 Å². The minimum Gasteiger partial charge on any atom is -0.507 e. The van der Waals surface area contributed by atoms with Gasteiger partial charge in [-0.25, -0.2) is 13.8 Å². The lowest BCUT2D eigenvalue weighted by molar-refractivity contribution is -0.122. The Morgan fingerprint density at radius 3 is 1.97 bits per heavy atom. The molecule has 1 aliphatic heterocycles. The predicted molar refractivity (Wildman–Crippen MR) is 148 cm³/mol. The van der Waals surface area contributed by atoms with Crippen LogP contribution >= 0.6 is 0 Å². The number of piperazine rings is 1. The van der Waals surface area contributed by atoms with Crippen LogP contribution in [0.25, 0.3) is 0 Å². The summed E-state index contributed by atoms with van der Waals surface area (Å²) in [5.41, 5.74) is 5.51. The SMILES string of the molecule is Cc1ccc(S(=O)(=O)N2CCN(CC(=O)N/N=C/c3cc(C(C)(C)C)c(O)c(C(C)(C)C)c3)CC2)cc1. The number of nitrogens with one attached hydrogen (secondary N) is 1.